The van der Waals surface area contributed by atoms with E-state index in [2.05, 4.69) is 74.5 Å². The lowest BCUT2D eigenvalue weighted by molar-refractivity contribution is 0.263. The topological polar surface area (TPSA) is 18.5 Å². The molecule has 3 aromatic carbocycles. The zero-order valence-corrected chi connectivity index (χ0v) is 17.0. The third-order valence-electron chi connectivity index (χ3n) is 4.78. The van der Waals surface area contributed by atoms with Crippen molar-refractivity contribution in [1.82, 2.24) is 0 Å². The lowest BCUT2D eigenvalue weighted by atomic mass is 9.99. The van der Waals surface area contributed by atoms with Gasteiger partial charge in [0.2, 0.25) is 0 Å². The van der Waals surface area contributed by atoms with Gasteiger partial charge in [0.1, 0.15) is 0 Å². The molecule has 0 spiro atoms. The van der Waals surface area contributed by atoms with Crippen molar-refractivity contribution in [2.75, 3.05) is 13.2 Å². The molecule has 0 amide bonds. The Morgan fingerprint density at radius 2 is 1.18 bits per heavy atom. The smallest absolute Gasteiger partial charge is 0.168 e. The summed E-state index contributed by atoms with van der Waals surface area (Å²) in [6.45, 7) is 5.78. The molecule has 0 aromatic heterocycles. The van der Waals surface area contributed by atoms with Crippen molar-refractivity contribution in [1.29, 1.82) is 0 Å². The molecule has 0 heterocycles. The van der Waals surface area contributed by atoms with Crippen LogP contribution < -0.4 is 9.47 Å². The Morgan fingerprint density at radius 3 is 1.86 bits per heavy atom. The first kappa shape index (κ1) is 20.0. The maximum Gasteiger partial charge on any atom is 0.168 e. The van der Waals surface area contributed by atoms with E-state index in [0.29, 0.717) is 6.61 Å². The van der Waals surface area contributed by atoms with Gasteiger partial charge in [-0.15, -0.1) is 0 Å². The van der Waals surface area contributed by atoms with Gasteiger partial charge in [0.25, 0.3) is 0 Å². The normalized spacial score (nSPS) is 10.6. The highest BCUT2D eigenvalue weighted by Gasteiger charge is 2.13. The minimum Gasteiger partial charge on any atom is -0.490 e. The fraction of sp³-hybridized carbons (Fsp3) is 0.308. The molecule has 0 radical (unpaired) electrons. The summed E-state index contributed by atoms with van der Waals surface area (Å²) < 4.78 is 12.2. The van der Waals surface area contributed by atoms with Crippen LogP contribution in [-0.4, -0.2) is 13.2 Å². The van der Waals surface area contributed by atoms with E-state index in [-0.39, 0.29) is 0 Å². The van der Waals surface area contributed by atoms with Crippen LogP contribution in [-0.2, 0) is 0 Å². The maximum atomic E-state index is 6.18. The van der Waals surface area contributed by atoms with Gasteiger partial charge in [0, 0.05) is 5.56 Å². The van der Waals surface area contributed by atoms with Crippen LogP contribution >= 0.6 is 0 Å². The van der Waals surface area contributed by atoms with Crippen molar-refractivity contribution in [2.24, 2.45) is 0 Å². The molecule has 0 atom stereocenters. The van der Waals surface area contributed by atoms with E-state index in [1.807, 2.05) is 12.1 Å². The molecule has 0 aliphatic rings. The molecule has 0 N–H and O–H groups in total. The highest BCUT2D eigenvalue weighted by molar-refractivity contribution is 5.76. The average Bonchev–Trinajstić information content (AvgIpc) is 2.75. The second-order valence-electron chi connectivity index (χ2n) is 6.98. The first-order valence-corrected chi connectivity index (χ1v) is 10.4. The molecule has 2 nitrogen and oxygen atoms in total. The second kappa shape index (κ2) is 10.6. The molecule has 0 unspecified atom stereocenters. The van der Waals surface area contributed by atoms with Gasteiger partial charge in [-0.3, -0.25) is 0 Å². The van der Waals surface area contributed by atoms with Gasteiger partial charge >= 0.3 is 0 Å². The molecular weight excluding hydrogens is 344 g/mol. The van der Waals surface area contributed by atoms with Crippen LogP contribution in [0.1, 0.15) is 39.5 Å². The Hall–Kier alpha value is -2.74. The van der Waals surface area contributed by atoms with Gasteiger partial charge in [-0.25, -0.2) is 0 Å². The number of benzene rings is 3. The number of unbranched alkanes of at least 4 members (excludes halogenated alkanes) is 2. The van der Waals surface area contributed by atoms with Crippen LogP contribution in [0.15, 0.2) is 72.8 Å². The van der Waals surface area contributed by atoms with Crippen LogP contribution in [0.3, 0.4) is 0 Å². The summed E-state index contributed by atoms with van der Waals surface area (Å²) in [4.78, 5) is 0. The molecule has 3 rings (SSSR count). The second-order valence-corrected chi connectivity index (χ2v) is 6.98. The number of ether oxygens (including phenoxy) is 2. The van der Waals surface area contributed by atoms with E-state index in [4.69, 9.17) is 9.47 Å². The van der Waals surface area contributed by atoms with Gasteiger partial charge in [0.05, 0.1) is 13.2 Å². The highest BCUT2D eigenvalue weighted by atomic mass is 16.5. The van der Waals surface area contributed by atoms with E-state index >= 15 is 0 Å². The lowest BCUT2D eigenvalue weighted by Crippen LogP contribution is -2.03. The Kier molecular flexibility index (Phi) is 7.54. The number of hydrogen-bond acceptors (Lipinski definition) is 2. The minimum absolute atomic E-state index is 0.708. The third-order valence-corrected chi connectivity index (χ3v) is 4.78. The summed E-state index contributed by atoms with van der Waals surface area (Å²) in [5, 5.41) is 0. The SMILES string of the molecule is CCCCOc1cccc(-c2ccc(-c3ccccc3)cc2)c1OCCCC. The summed E-state index contributed by atoms with van der Waals surface area (Å²) in [6.07, 6.45) is 4.31. The minimum atomic E-state index is 0.708. The number of para-hydroxylation sites is 1. The lowest BCUT2D eigenvalue weighted by Gasteiger charge is -2.17. The summed E-state index contributed by atoms with van der Waals surface area (Å²) in [5.74, 6) is 1.70. The Balaban J connectivity index is 1.89. The van der Waals surface area contributed by atoms with Crippen LogP contribution in [0.25, 0.3) is 22.3 Å². The van der Waals surface area contributed by atoms with Gasteiger partial charge in [-0.1, -0.05) is 93.4 Å². The molecule has 28 heavy (non-hydrogen) atoms. The quantitative estimate of drug-likeness (QED) is 0.345. The average molecular weight is 375 g/mol. The van der Waals surface area contributed by atoms with E-state index < -0.39 is 0 Å². The summed E-state index contributed by atoms with van der Waals surface area (Å²) in [6, 6.07) is 25.3. The van der Waals surface area contributed by atoms with Crippen molar-refractivity contribution in [3.8, 4) is 33.8 Å². The van der Waals surface area contributed by atoms with Crippen molar-refractivity contribution >= 4 is 0 Å². The summed E-state index contributed by atoms with van der Waals surface area (Å²) in [5.41, 5.74) is 4.68. The van der Waals surface area contributed by atoms with E-state index in [1.165, 1.54) is 11.1 Å². The molecule has 0 saturated heterocycles. The summed E-state index contributed by atoms with van der Waals surface area (Å²) >= 11 is 0. The molecule has 146 valence electrons. The van der Waals surface area contributed by atoms with Crippen molar-refractivity contribution < 1.29 is 9.47 Å². The van der Waals surface area contributed by atoms with Gasteiger partial charge in [0.15, 0.2) is 11.5 Å². The molecular formula is C26H30O2. The standard InChI is InChI=1S/C26H30O2/c1-3-5-19-27-25-14-10-13-24(26(25)28-20-6-4-2)23-17-15-22(16-18-23)21-11-8-7-9-12-21/h7-18H,3-6,19-20H2,1-2H3. The molecule has 0 aliphatic heterocycles. The molecule has 3 aromatic rings. The first-order chi connectivity index (χ1) is 13.8. The molecule has 2 heteroatoms. The first-order valence-electron chi connectivity index (χ1n) is 10.4. The third kappa shape index (κ3) is 5.16. The van der Waals surface area contributed by atoms with E-state index in [9.17, 15) is 0 Å². The summed E-state index contributed by atoms with van der Waals surface area (Å²) in [7, 11) is 0. The van der Waals surface area contributed by atoms with E-state index in [0.717, 1.165) is 54.9 Å². The predicted molar refractivity (Wildman–Crippen MR) is 118 cm³/mol. The van der Waals surface area contributed by atoms with Crippen molar-refractivity contribution in [2.45, 2.75) is 39.5 Å². The fourth-order valence-corrected chi connectivity index (χ4v) is 3.12. The maximum absolute atomic E-state index is 6.18. The molecule has 0 saturated carbocycles. The molecule has 0 bridgehead atoms. The zero-order chi connectivity index (χ0) is 19.6. The largest absolute Gasteiger partial charge is 0.490 e. The van der Waals surface area contributed by atoms with Gasteiger partial charge in [-0.05, 0) is 35.6 Å². The monoisotopic (exact) mass is 374 g/mol. The fourth-order valence-electron chi connectivity index (χ4n) is 3.12. The van der Waals surface area contributed by atoms with Crippen LogP contribution in [0.4, 0.5) is 0 Å². The van der Waals surface area contributed by atoms with E-state index in [1.54, 1.807) is 0 Å². The number of rotatable bonds is 10. The van der Waals surface area contributed by atoms with Crippen molar-refractivity contribution in [3.05, 3.63) is 72.8 Å². The van der Waals surface area contributed by atoms with Crippen molar-refractivity contribution in [3.63, 3.8) is 0 Å². The Morgan fingerprint density at radius 1 is 0.571 bits per heavy atom. The number of hydrogen-bond donors (Lipinski definition) is 0. The van der Waals surface area contributed by atoms with Gasteiger partial charge < -0.3 is 9.47 Å². The van der Waals surface area contributed by atoms with Crippen LogP contribution in [0, 0.1) is 0 Å². The van der Waals surface area contributed by atoms with Gasteiger partial charge in [-0.2, -0.15) is 0 Å². The van der Waals surface area contributed by atoms with Crippen LogP contribution in [0.5, 0.6) is 11.5 Å². The van der Waals surface area contributed by atoms with Crippen LogP contribution in [0.2, 0.25) is 0 Å². The zero-order valence-electron chi connectivity index (χ0n) is 17.0. The predicted octanol–water partition coefficient (Wildman–Crippen LogP) is 7.38. The molecule has 0 aliphatic carbocycles. The Labute approximate surface area is 169 Å². The molecule has 0 fully saturated rings. The Bertz CT molecular complexity index is 838. The highest BCUT2D eigenvalue weighted by Crippen LogP contribution is 2.39.